The summed E-state index contributed by atoms with van der Waals surface area (Å²) in [5.74, 6) is 0. The van der Waals surface area contributed by atoms with E-state index in [4.69, 9.17) is 16.3 Å². The van der Waals surface area contributed by atoms with Crippen molar-refractivity contribution in [2.45, 2.75) is 13.0 Å². The molecule has 0 fully saturated rings. The van der Waals surface area contributed by atoms with Gasteiger partial charge < -0.3 is 15.0 Å². The van der Waals surface area contributed by atoms with Crippen LogP contribution in [0.15, 0.2) is 53.5 Å². The van der Waals surface area contributed by atoms with Crippen LogP contribution in [0.3, 0.4) is 0 Å². The van der Waals surface area contributed by atoms with Crippen LogP contribution in [-0.2, 0) is 11.3 Å². The van der Waals surface area contributed by atoms with Gasteiger partial charge in [-0.25, -0.2) is 4.79 Å². The molecule has 2 N–H and O–H groups in total. The number of hydrogen-bond donors (Lipinski definition) is 2. The maximum Gasteiger partial charge on any atom is 0.407 e. The summed E-state index contributed by atoms with van der Waals surface area (Å²) in [6.45, 7) is 0.708. The number of pyridine rings is 1. The average Bonchev–Trinajstić information content (AvgIpc) is 2.57. The van der Waals surface area contributed by atoms with Crippen LogP contribution in [0.2, 0.25) is 5.02 Å². The van der Waals surface area contributed by atoms with Crippen LogP contribution < -0.4 is 10.9 Å². The van der Waals surface area contributed by atoms with Crippen molar-refractivity contribution in [2.24, 2.45) is 0 Å². The first-order valence-corrected chi connectivity index (χ1v) is 7.52. The number of hydrogen-bond acceptors (Lipinski definition) is 3. The van der Waals surface area contributed by atoms with Gasteiger partial charge in [0, 0.05) is 12.7 Å². The molecule has 23 heavy (non-hydrogen) atoms. The van der Waals surface area contributed by atoms with Gasteiger partial charge in [-0.3, -0.25) is 4.79 Å². The molecule has 2 aromatic rings. The highest BCUT2D eigenvalue weighted by Gasteiger charge is 2.00. The van der Waals surface area contributed by atoms with E-state index >= 15 is 0 Å². The molecule has 0 aliphatic rings. The maximum absolute atomic E-state index is 11.5. The standard InChI is InChI=1S/C17H17ClN2O3/c18-15-10-14(11-20-16(15)21)8-4-5-9-19-17(22)23-12-13-6-2-1-3-7-13/h1-4,6-8,10-11H,5,9,12H2,(H,19,22)(H,20,21). The van der Waals surface area contributed by atoms with Gasteiger partial charge in [0.05, 0.1) is 0 Å². The van der Waals surface area contributed by atoms with Crippen LogP contribution in [0.1, 0.15) is 17.5 Å². The number of aromatic amines is 1. The van der Waals surface area contributed by atoms with E-state index in [0.717, 1.165) is 11.1 Å². The highest BCUT2D eigenvalue weighted by molar-refractivity contribution is 6.30. The molecule has 0 atom stereocenters. The minimum absolute atomic E-state index is 0.148. The van der Waals surface area contributed by atoms with Gasteiger partial charge in [0.15, 0.2) is 0 Å². The normalized spacial score (nSPS) is 10.7. The summed E-state index contributed by atoms with van der Waals surface area (Å²) in [6.07, 6.45) is 5.46. The summed E-state index contributed by atoms with van der Waals surface area (Å²) in [5, 5.41) is 2.81. The Morgan fingerprint density at radius 2 is 2.09 bits per heavy atom. The first-order chi connectivity index (χ1) is 11.1. The van der Waals surface area contributed by atoms with E-state index in [1.54, 1.807) is 12.3 Å². The second-order valence-corrected chi connectivity index (χ2v) is 5.20. The number of rotatable bonds is 6. The van der Waals surface area contributed by atoms with Crippen LogP contribution in [0.4, 0.5) is 4.79 Å². The number of amides is 1. The molecule has 0 spiro atoms. The molecule has 0 radical (unpaired) electrons. The molecule has 0 bridgehead atoms. The number of ether oxygens (including phenoxy) is 1. The Hall–Kier alpha value is -2.53. The van der Waals surface area contributed by atoms with Crippen molar-refractivity contribution in [3.8, 4) is 0 Å². The molecule has 5 nitrogen and oxygen atoms in total. The zero-order chi connectivity index (χ0) is 16.5. The number of halogens is 1. The quantitative estimate of drug-likeness (QED) is 0.797. The van der Waals surface area contributed by atoms with Gasteiger partial charge in [0.1, 0.15) is 11.6 Å². The van der Waals surface area contributed by atoms with Crippen molar-refractivity contribution < 1.29 is 9.53 Å². The molecule has 1 aromatic carbocycles. The summed E-state index contributed by atoms with van der Waals surface area (Å²) < 4.78 is 5.09. The minimum Gasteiger partial charge on any atom is -0.445 e. The van der Waals surface area contributed by atoms with Crippen molar-refractivity contribution >= 4 is 23.8 Å². The number of carbonyl (C=O) groups is 1. The Morgan fingerprint density at radius 3 is 2.83 bits per heavy atom. The van der Waals surface area contributed by atoms with Crippen molar-refractivity contribution in [3.63, 3.8) is 0 Å². The predicted octanol–water partition coefficient (Wildman–Crippen LogP) is 3.36. The Kier molecular flexibility index (Phi) is 6.44. The van der Waals surface area contributed by atoms with Crippen LogP contribution in [0, 0.1) is 0 Å². The molecule has 2 rings (SSSR count). The largest absolute Gasteiger partial charge is 0.445 e. The molecule has 6 heteroatoms. The van der Waals surface area contributed by atoms with Crippen LogP contribution in [0.5, 0.6) is 0 Å². The van der Waals surface area contributed by atoms with Crippen LogP contribution in [0.25, 0.3) is 6.08 Å². The van der Waals surface area contributed by atoms with E-state index in [1.807, 2.05) is 42.5 Å². The van der Waals surface area contributed by atoms with Gasteiger partial charge in [0.2, 0.25) is 0 Å². The summed E-state index contributed by atoms with van der Waals surface area (Å²) in [5.41, 5.74) is 1.42. The van der Waals surface area contributed by atoms with E-state index in [1.165, 1.54) is 0 Å². The second kappa shape index (κ2) is 8.80. The Bertz CT molecular complexity index is 726. The third-order valence-electron chi connectivity index (χ3n) is 2.98. The summed E-state index contributed by atoms with van der Waals surface area (Å²) in [4.78, 5) is 25.2. The number of carbonyl (C=O) groups excluding carboxylic acids is 1. The molecule has 1 aromatic heterocycles. The zero-order valence-corrected chi connectivity index (χ0v) is 13.2. The highest BCUT2D eigenvalue weighted by atomic mass is 35.5. The number of nitrogens with one attached hydrogen (secondary N) is 2. The Labute approximate surface area is 138 Å². The summed E-state index contributed by atoms with van der Waals surface area (Å²) >= 11 is 5.73. The number of aromatic nitrogens is 1. The number of benzene rings is 1. The zero-order valence-electron chi connectivity index (χ0n) is 12.4. The van der Waals surface area contributed by atoms with Crippen molar-refractivity contribution in [3.05, 3.63) is 75.2 Å². The van der Waals surface area contributed by atoms with Crippen LogP contribution in [-0.4, -0.2) is 17.6 Å². The van der Waals surface area contributed by atoms with Gasteiger partial charge in [-0.05, 0) is 23.6 Å². The fourth-order valence-corrected chi connectivity index (χ4v) is 2.00. The molecular weight excluding hydrogens is 316 g/mol. The molecule has 0 unspecified atom stereocenters. The first kappa shape index (κ1) is 16.8. The molecule has 1 amide bonds. The lowest BCUT2D eigenvalue weighted by Crippen LogP contribution is -2.24. The topological polar surface area (TPSA) is 71.2 Å². The SMILES string of the molecule is O=C(NCCC=Cc1c[nH]c(=O)c(Cl)c1)OCc1ccccc1. The first-order valence-electron chi connectivity index (χ1n) is 7.14. The Morgan fingerprint density at radius 1 is 1.30 bits per heavy atom. The third-order valence-corrected chi connectivity index (χ3v) is 3.26. The minimum atomic E-state index is -0.450. The molecular formula is C17H17ClN2O3. The van der Waals surface area contributed by atoms with E-state index in [9.17, 15) is 9.59 Å². The Balaban J connectivity index is 1.66. The van der Waals surface area contributed by atoms with E-state index < -0.39 is 6.09 Å². The monoisotopic (exact) mass is 332 g/mol. The smallest absolute Gasteiger partial charge is 0.407 e. The fraction of sp³-hybridized carbons (Fsp3) is 0.176. The second-order valence-electron chi connectivity index (χ2n) is 4.79. The summed E-state index contributed by atoms with van der Waals surface area (Å²) in [7, 11) is 0. The van der Waals surface area contributed by atoms with Crippen molar-refractivity contribution in [2.75, 3.05) is 6.54 Å². The van der Waals surface area contributed by atoms with Gasteiger partial charge >= 0.3 is 6.09 Å². The lowest BCUT2D eigenvalue weighted by Gasteiger charge is -2.05. The van der Waals surface area contributed by atoms with Gasteiger partial charge in [-0.1, -0.05) is 54.1 Å². The molecule has 0 aliphatic heterocycles. The fourth-order valence-electron chi connectivity index (χ4n) is 1.82. The molecule has 1 heterocycles. The lowest BCUT2D eigenvalue weighted by atomic mass is 10.2. The third kappa shape index (κ3) is 6.00. The van der Waals surface area contributed by atoms with Crippen LogP contribution >= 0.6 is 11.6 Å². The van der Waals surface area contributed by atoms with Gasteiger partial charge in [-0.2, -0.15) is 0 Å². The van der Waals surface area contributed by atoms with Gasteiger partial charge in [0.25, 0.3) is 5.56 Å². The van der Waals surface area contributed by atoms with Crippen molar-refractivity contribution in [1.82, 2.24) is 10.3 Å². The molecule has 0 aliphatic carbocycles. The number of alkyl carbamates (subject to hydrolysis) is 1. The van der Waals surface area contributed by atoms with Crippen molar-refractivity contribution in [1.29, 1.82) is 0 Å². The van der Waals surface area contributed by atoms with E-state index in [2.05, 4.69) is 10.3 Å². The predicted molar refractivity (Wildman–Crippen MR) is 90.4 cm³/mol. The number of H-pyrrole nitrogens is 1. The molecule has 0 saturated heterocycles. The van der Waals surface area contributed by atoms with Gasteiger partial charge in [-0.15, -0.1) is 0 Å². The van der Waals surface area contributed by atoms with E-state index in [-0.39, 0.29) is 17.2 Å². The molecule has 0 saturated carbocycles. The lowest BCUT2D eigenvalue weighted by molar-refractivity contribution is 0.140. The average molecular weight is 333 g/mol. The summed E-state index contributed by atoms with van der Waals surface area (Å²) in [6, 6.07) is 11.1. The highest BCUT2D eigenvalue weighted by Crippen LogP contribution is 2.06. The maximum atomic E-state index is 11.5. The van der Waals surface area contributed by atoms with E-state index in [0.29, 0.717) is 13.0 Å². The molecule has 120 valence electrons.